The number of hydrogen-bond donors (Lipinski definition) is 1. The number of allylic oxidation sites excluding steroid dienone is 1. The van der Waals surface area contributed by atoms with Gasteiger partial charge in [0.05, 0.1) is 25.0 Å². The quantitative estimate of drug-likeness (QED) is 0.406. The summed E-state index contributed by atoms with van der Waals surface area (Å²) in [6.45, 7) is 3.62. The third-order valence-corrected chi connectivity index (χ3v) is 5.21. The molecule has 1 aromatic rings. The van der Waals surface area contributed by atoms with Crippen LogP contribution in [0.1, 0.15) is 29.6 Å². The van der Waals surface area contributed by atoms with Crippen LogP contribution in [0.25, 0.3) is 0 Å². The maximum atomic E-state index is 12.5. The Morgan fingerprint density at radius 1 is 1.29 bits per heavy atom. The van der Waals surface area contributed by atoms with Crippen molar-refractivity contribution in [3.05, 3.63) is 48.6 Å². The minimum atomic E-state index is -4.05. The second-order valence-corrected chi connectivity index (χ2v) is 8.34. The van der Waals surface area contributed by atoms with Crippen molar-refractivity contribution in [3.8, 4) is 0 Å². The minimum absolute atomic E-state index is 0.126. The van der Waals surface area contributed by atoms with Gasteiger partial charge in [-0.15, -0.1) is 6.58 Å². The van der Waals surface area contributed by atoms with Gasteiger partial charge in [-0.25, -0.2) is 9.59 Å². The van der Waals surface area contributed by atoms with Gasteiger partial charge in [0, 0.05) is 6.42 Å². The molecule has 0 amide bonds. The van der Waals surface area contributed by atoms with Gasteiger partial charge in [-0.2, -0.15) is 8.42 Å². The second-order valence-electron chi connectivity index (χ2n) is 6.77. The van der Waals surface area contributed by atoms with E-state index < -0.39 is 45.8 Å². The number of carbonyl (C=O) groups is 2. The highest BCUT2D eigenvalue weighted by Crippen LogP contribution is 2.40. The van der Waals surface area contributed by atoms with Crippen molar-refractivity contribution >= 4 is 22.1 Å². The molecule has 8 nitrogen and oxygen atoms in total. The maximum absolute atomic E-state index is 12.5. The molecule has 1 aliphatic carbocycles. The molecular weight excluding hydrogens is 388 g/mol. The summed E-state index contributed by atoms with van der Waals surface area (Å²) >= 11 is 0. The van der Waals surface area contributed by atoms with Gasteiger partial charge in [0.2, 0.25) is 0 Å². The predicted octanol–water partition coefficient (Wildman–Crippen LogP) is 1.45. The number of hydrogen-bond acceptors (Lipinski definition) is 8. The zero-order chi connectivity index (χ0) is 20.9. The van der Waals surface area contributed by atoms with E-state index in [1.807, 2.05) is 0 Å². The van der Waals surface area contributed by atoms with Crippen LogP contribution < -0.4 is 0 Å². The molecular formula is C19H24O8S. The Morgan fingerprint density at radius 2 is 1.93 bits per heavy atom. The smallest absolute Gasteiger partial charge is 0.339 e. The van der Waals surface area contributed by atoms with E-state index in [2.05, 4.69) is 6.58 Å². The Morgan fingerprint density at radius 3 is 2.46 bits per heavy atom. The summed E-state index contributed by atoms with van der Waals surface area (Å²) < 4.78 is 38.9. The summed E-state index contributed by atoms with van der Waals surface area (Å²) in [4.78, 5) is 24.9. The molecule has 4 atom stereocenters. The summed E-state index contributed by atoms with van der Waals surface area (Å²) in [5, 5.41) is 10.7. The summed E-state index contributed by atoms with van der Waals surface area (Å²) in [6, 6.07) is 8.12. The number of aliphatic hydroxyl groups excluding tert-OH is 1. The third kappa shape index (κ3) is 5.18. The van der Waals surface area contributed by atoms with Crippen molar-refractivity contribution in [1.29, 1.82) is 0 Å². The number of aliphatic hydroxyl groups is 1. The number of ether oxygens (including phenoxy) is 2. The highest BCUT2D eigenvalue weighted by molar-refractivity contribution is 7.86. The van der Waals surface area contributed by atoms with Crippen LogP contribution in [0.3, 0.4) is 0 Å². The van der Waals surface area contributed by atoms with Crippen LogP contribution in [-0.2, 0) is 28.6 Å². The van der Waals surface area contributed by atoms with Gasteiger partial charge in [0.25, 0.3) is 10.1 Å². The molecule has 0 aromatic heterocycles. The molecule has 154 valence electrons. The van der Waals surface area contributed by atoms with Gasteiger partial charge >= 0.3 is 11.9 Å². The van der Waals surface area contributed by atoms with Crippen molar-refractivity contribution in [3.63, 3.8) is 0 Å². The van der Waals surface area contributed by atoms with Crippen LogP contribution in [0.5, 0.6) is 0 Å². The fourth-order valence-electron chi connectivity index (χ4n) is 3.45. The molecule has 0 spiro atoms. The lowest BCUT2D eigenvalue weighted by molar-refractivity contribution is -0.176. The van der Waals surface area contributed by atoms with E-state index in [0.717, 1.165) is 13.4 Å². The molecule has 0 saturated heterocycles. The Hall–Kier alpha value is -2.23. The summed E-state index contributed by atoms with van der Waals surface area (Å²) in [5.41, 5.74) is -1.65. The molecule has 0 aliphatic heterocycles. The molecule has 2 rings (SSSR count). The average Bonchev–Trinajstić information content (AvgIpc) is 2.64. The number of rotatable bonds is 7. The Labute approximate surface area is 164 Å². The third-order valence-electron chi connectivity index (χ3n) is 4.59. The Balaban J connectivity index is 2.38. The van der Waals surface area contributed by atoms with Crippen LogP contribution in [0, 0.1) is 5.92 Å². The fraction of sp³-hybridized carbons (Fsp3) is 0.474. The van der Waals surface area contributed by atoms with Crippen molar-refractivity contribution in [2.75, 3.05) is 13.4 Å². The van der Waals surface area contributed by atoms with Crippen LogP contribution in [0.15, 0.2) is 43.0 Å². The molecule has 0 radical (unpaired) electrons. The van der Waals surface area contributed by atoms with E-state index in [0.29, 0.717) is 0 Å². The number of esters is 2. The Kier molecular flexibility index (Phi) is 6.97. The van der Waals surface area contributed by atoms with Gasteiger partial charge < -0.3 is 14.6 Å². The van der Waals surface area contributed by atoms with Crippen LogP contribution in [0.2, 0.25) is 0 Å². The number of carbonyl (C=O) groups excluding carboxylic acids is 2. The SMILES string of the molecule is C=CC[C@H]1C[C@](OS(C)(=O)=O)(C(=O)OC)C[C@@H](OC(=O)c2ccccc2)[C@H]1O. The van der Waals surface area contributed by atoms with E-state index >= 15 is 0 Å². The van der Waals surface area contributed by atoms with Crippen molar-refractivity contribution in [1.82, 2.24) is 0 Å². The summed E-state index contributed by atoms with van der Waals surface area (Å²) in [5.74, 6) is -2.25. The van der Waals surface area contributed by atoms with Crippen LogP contribution in [0.4, 0.5) is 0 Å². The van der Waals surface area contributed by atoms with Gasteiger partial charge in [0.1, 0.15) is 6.10 Å². The second kappa shape index (κ2) is 8.85. The van der Waals surface area contributed by atoms with Crippen molar-refractivity contribution < 1.29 is 36.8 Å². The van der Waals surface area contributed by atoms with E-state index in [4.69, 9.17) is 13.7 Å². The molecule has 9 heteroatoms. The molecule has 1 fully saturated rings. The van der Waals surface area contributed by atoms with Gasteiger partial charge in [-0.05, 0) is 30.9 Å². The van der Waals surface area contributed by atoms with E-state index in [9.17, 15) is 23.1 Å². The lowest BCUT2D eigenvalue weighted by Gasteiger charge is -2.43. The van der Waals surface area contributed by atoms with Crippen molar-refractivity contribution in [2.45, 2.75) is 37.1 Å². The molecule has 0 bridgehead atoms. The van der Waals surface area contributed by atoms with Gasteiger partial charge in [0.15, 0.2) is 5.60 Å². The molecule has 0 heterocycles. The van der Waals surface area contributed by atoms with Crippen LogP contribution >= 0.6 is 0 Å². The lowest BCUT2D eigenvalue weighted by atomic mass is 9.73. The number of benzene rings is 1. The minimum Gasteiger partial charge on any atom is -0.467 e. The van der Waals surface area contributed by atoms with Crippen molar-refractivity contribution in [2.24, 2.45) is 5.92 Å². The standard InChI is InChI=1S/C19H24O8S/c1-4-8-14-11-19(18(22)25-2,27-28(3,23)24)12-15(16(14)20)26-17(21)13-9-6-5-7-10-13/h4-7,9-10,14-16,20H,1,8,11-12H2,2-3H3/t14-,15+,16-,19+/m0/s1. The van der Waals surface area contributed by atoms with E-state index in [1.54, 1.807) is 30.3 Å². The molecule has 1 N–H and O–H groups in total. The largest absolute Gasteiger partial charge is 0.467 e. The summed E-state index contributed by atoms with van der Waals surface area (Å²) in [7, 11) is -2.94. The maximum Gasteiger partial charge on any atom is 0.339 e. The molecule has 1 aliphatic rings. The number of methoxy groups -OCH3 is 1. The van der Waals surface area contributed by atoms with E-state index in [1.165, 1.54) is 6.08 Å². The topological polar surface area (TPSA) is 116 Å². The lowest BCUT2D eigenvalue weighted by Crippen LogP contribution is -2.57. The molecule has 1 saturated carbocycles. The fourth-order valence-corrected chi connectivity index (χ4v) is 4.23. The average molecular weight is 412 g/mol. The first-order valence-corrected chi connectivity index (χ1v) is 10.5. The zero-order valence-electron chi connectivity index (χ0n) is 15.7. The van der Waals surface area contributed by atoms with Crippen LogP contribution in [-0.4, -0.2) is 56.6 Å². The molecule has 0 unspecified atom stereocenters. The molecule has 28 heavy (non-hydrogen) atoms. The highest BCUT2D eigenvalue weighted by Gasteiger charge is 2.55. The summed E-state index contributed by atoms with van der Waals surface area (Å²) in [6.07, 6.45) is -0.196. The first-order valence-electron chi connectivity index (χ1n) is 8.66. The van der Waals surface area contributed by atoms with Gasteiger partial charge in [-0.3, -0.25) is 4.18 Å². The highest BCUT2D eigenvalue weighted by atomic mass is 32.2. The Bertz CT molecular complexity index is 820. The first-order chi connectivity index (χ1) is 13.1. The predicted molar refractivity (Wildman–Crippen MR) is 99.9 cm³/mol. The normalized spacial score (nSPS) is 27.6. The molecule has 1 aromatic carbocycles. The van der Waals surface area contributed by atoms with E-state index in [-0.39, 0.29) is 24.8 Å². The monoisotopic (exact) mass is 412 g/mol. The first kappa shape index (κ1) is 22.1. The zero-order valence-corrected chi connectivity index (χ0v) is 16.6. The van der Waals surface area contributed by atoms with Gasteiger partial charge in [-0.1, -0.05) is 24.3 Å².